The fourth-order valence-corrected chi connectivity index (χ4v) is 3.93. The number of hydrogen-bond acceptors (Lipinski definition) is 1. The molecule has 1 fully saturated rings. The third-order valence-corrected chi connectivity index (χ3v) is 5.06. The van der Waals surface area contributed by atoms with Gasteiger partial charge in [-0.25, -0.2) is 0 Å². The maximum absolute atomic E-state index is 11.8. The minimum absolute atomic E-state index is 0.176. The lowest BCUT2D eigenvalue weighted by atomic mass is 9.67. The standard InChI is InChI=1S/C14H23BrO.C2H2/c1-5-8-14(4)12(10(2)9-15)6-7-13(14)11(3)16;1-2/h9,12-13H,5-8H2,1-4H3;1-2H/b10-9+;. The molecule has 0 saturated heterocycles. The summed E-state index contributed by atoms with van der Waals surface area (Å²) < 4.78 is 0. The quantitative estimate of drug-likeness (QED) is 0.671. The zero-order valence-electron chi connectivity index (χ0n) is 12.0. The van der Waals surface area contributed by atoms with E-state index < -0.39 is 0 Å². The molecule has 1 aliphatic rings. The van der Waals surface area contributed by atoms with Gasteiger partial charge in [0.15, 0.2) is 0 Å². The Morgan fingerprint density at radius 3 is 2.22 bits per heavy atom. The van der Waals surface area contributed by atoms with Crippen LogP contribution in [0.4, 0.5) is 0 Å². The van der Waals surface area contributed by atoms with Crippen LogP contribution in [0, 0.1) is 30.1 Å². The highest BCUT2D eigenvalue weighted by molar-refractivity contribution is 9.11. The molecule has 3 unspecified atom stereocenters. The zero-order valence-corrected chi connectivity index (χ0v) is 13.6. The molecular weight excluding hydrogens is 288 g/mol. The molecule has 0 bridgehead atoms. The Hall–Kier alpha value is -0.550. The van der Waals surface area contributed by atoms with E-state index in [0.717, 1.165) is 25.7 Å². The van der Waals surface area contributed by atoms with Gasteiger partial charge in [-0.2, -0.15) is 0 Å². The summed E-state index contributed by atoms with van der Waals surface area (Å²) in [6.45, 7) is 8.45. The summed E-state index contributed by atoms with van der Waals surface area (Å²) >= 11 is 3.44. The largest absolute Gasteiger partial charge is 0.300 e. The van der Waals surface area contributed by atoms with Crippen molar-refractivity contribution < 1.29 is 4.79 Å². The molecule has 0 aromatic heterocycles. The van der Waals surface area contributed by atoms with Gasteiger partial charge in [0.05, 0.1) is 0 Å². The number of rotatable bonds is 4. The van der Waals surface area contributed by atoms with Gasteiger partial charge in [-0.05, 0) is 49.4 Å². The first-order valence-electron chi connectivity index (χ1n) is 6.58. The molecule has 0 radical (unpaired) electrons. The number of carbonyl (C=O) groups excluding carboxylic acids is 1. The molecule has 1 nitrogen and oxygen atoms in total. The summed E-state index contributed by atoms with van der Waals surface area (Å²) in [5, 5.41) is 0. The van der Waals surface area contributed by atoms with Crippen LogP contribution in [0.2, 0.25) is 0 Å². The Morgan fingerprint density at radius 1 is 1.33 bits per heavy atom. The SMILES string of the molecule is C#C.CCCC1(C)C(C(C)=O)CCC1/C(C)=C/Br. The van der Waals surface area contributed by atoms with Crippen LogP contribution in [-0.2, 0) is 4.79 Å². The first-order chi connectivity index (χ1) is 8.47. The van der Waals surface area contributed by atoms with Crippen LogP contribution in [0.25, 0.3) is 0 Å². The van der Waals surface area contributed by atoms with Gasteiger partial charge in [0.1, 0.15) is 5.78 Å². The van der Waals surface area contributed by atoms with Gasteiger partial charge in [-0.1, -0.05) is 41.8 Å². The van der Waals surface area contributed by atoms with Gasteiger partial charge in [0.25, 0.3) is 0 Å². The molecule has 0 amide bonds. The Labute approximate surface area is 121 Å². The number of ketones is 1. The number of halogens is 1. The molecule has 1 rings (SSSR count). The summed E-state index contributed by atoms with van der Waals surface area (Å²) in [6.07, 6.45) is 12.5. The van der Waals surface area contributed by atoms with E-state index in [0.29, 0.717) is 11.7 Å². The van der Waals surface area contributed by atoms with Gasteiger partial charge in [0.2, 0.25) is 0 Å². The predicted octanol–water partition coefficient (Wildman–Crippen LogP) is 4.96. The van der Waals surface area contributed by atoms with Crippen molar-refractivity contribution in [1.29, 1.82) is 0 Å². The molecule has 0 aromatic carbocycles. The van der Waals surface area contributed by atoms with Crippen LogP contribution < -0.4 is 0 Å². The Morgan fingerprint density at radius 2 is 1.83 bits per heavy atom. The highest BCUT2D eigenvalue weighted by Gasteiger charge is 2.48. The topological polar surface area (TPSA) is 17.1 Å². The molecule has 1 saturated carbocycles. The minimum Gasteiger partial charge on any atom is -0.300 e. The highest BCUT2D eigenvalue weighted by Crippen LogP contribution is 2.53. The van der Waals surface area contributed by atoms with Crippen molar-refractivity contribution in [3.05, 3.63) is 10.6 Å². The van der Waals surface area contributed by atoms with Crippen LogP contribution in [0.5, 0.6) is 0 Å². The van der Waals surface area contributed by atoms with Crippen LogP contribution in [0.1, 0.15) is 53.4 Å². The first-order valence-corrected chi connectivity index (χ1v) is 7.49. The average molecular weight is 313 g/mol. The van der Waals surface area contributed by atoms with Crippen molar-refractivity contribution in [3.8, 4) is 12.8 Å². The van der Waals surface area contributed by atoms with E-state index in [2.05, 4.69) is 49.5 Å². The predicted molar refractivity (Wildman–Crippen MR) is 82.5 cm³/mol. The molecule has 0 N–H and O–H groups in total. The Balaban J connectivity index is 0.00000137. The van der Waals surface area contributed by atoms with Gasteiger partial charge in [-0.3, -0.25) is 4.79 Å². The first kappa shape index (κ1) is 17.4. The van der Waals surface area contributed by atoms with Crippen LogP contribution in [0.15, 0.2) is 10.6 Å². The fraction of sp³-hybridized carbons (Fsp3) is 0.688. The molecule has 3 atom stereocenters. The molecule has 102 valence electrons. The lowest BCUT2D eigenvalue weighted by molar-refractivity contribution is -0.124. The normalized spacial score (nSPS) is 31.6. The van der Waals surface area contributed by atoms with E-state index in [4.69, 9.17) is 0 Å². The summed E-state index contributed by atoms with van der Waals surface area (Å²) in [4.78, 5) is 13.8. The number of hydrogen-bond donors (Lipinski definition) is 0. The van der Waals surface area contributed by atoms with Gasteiger partial charge in [0, 0.05) is 5.92 Å². The lowest BCUT2D eigenvalue weighted by Crippen LogP contribution is -2.33. The molecule has 0 heterocycles. The zero-order chi connectivity index (χ0) is 14.3. The highest BCUT2D eigenvalue weighted by atomic mass is 79.9. The third-order valence-electron chi connectivity index (χ3n) is 4.34. The molecular formula is C16H25BrO. The molecule has 0 spiro atoms. The monoisotopic (exact) mass is 312 g/mol. The fourth-order valence-electron chi connectivity index (χ4n) is 3.61. The number of terminal acetylenes is 1. The van der Waals surface area contributed by atoms with Gasteiger partial charge in [-0.15, -0.1) is 12.8 Å². The molecule has 1 aliphatic carbocycles. The van der Waals surface area contributed by atoms with E-state index in [1.807, 2.05) is 4.99 Å². The lowest BCUT2D eigenvalue weighted by Gasteiger charge is -2.36. The van der Waals surface area contributed by atoms with Crippen LogP contribution in [-0.4, -0.2) is 5.78 Å². The molecule has 0 aliphatic heterocycles. The van der Waals surface area contributed by atoms with Crippen molar-refractivity contribution in [2.24, 2.45) is 17.3 Å². The van der Waals surface area contributed by atoms with Crippen LogP contribution >= 0.6 is 15.9 Å². The second-order valence-corrected chi connectivity index (χ2v) is 5.86. The number of allylic oxidation sites excluding steroid dienone is 1. The maximum Gasteiger partial charge on any atom is 0.133 e. The minimum atomic E-state index is 0.176. The van der Waals surface area contributed by atoms with E-state index in [1.54, 1.807) is 6.92 Å². The van der Waals surface area contributed by atoms with Crippen LogP contribution in [0.3, 0.4) is 0 Å². The molecule has 18 heavy (non-hydrogen) atoms. The van der Waals surface area contributed by atoms with Crippen molar-refractivity contribution >= 4 is 21.7 Å². The van der Waals surface area contributed by atoms with Gasteiger partial charge >= 0.3 is 0 Å². The van der Waals surface area contributed by atoms with Gasteiger partial charge < -0.3 is 0 Å². The smallest absolute Gasteiger partial charge is 0.133 e. The summed E-state index contributed by atoms with van der Waals surface area (Å²) in [7, 11) is 0. The maximum atomic E-state index is 11.8. The summed E-state index contributed by atoms with van der Waals surface area (Å²) in [6, 6.07) is 0. The second kappa shape index (κ2) is 7.79. The number of Topliss-reactive ketones (excluding diaryl/α,β-unsaturated/α-hetero) is 1. The summed E-state index contributed by atoms with van der Waals surface area (Å²) in [5.74, 6) is 1.21. The van der Waals surface area contributed by atoms with Crippen molar-refractivity contribution in [2.75, 3.05) is 0 Å². The van der Waals surface area contributed by atoms with Crippen molar-refractivity contribution in [3.63, 3.8) is 0 Å². The Bertz CT molecular complexity index is 329. The van der Waals surface area contributed by atoms with E-state index in [1.165, 1.54) is 5.57 Å². The van der Waals surface area contributed by atoms with E-state index >= 15 is 0 Å². The second-order valence-electron chi connectivity index (χ2n) is 5.40. The Kier molecular flexibility index (Phi) is 7.55. The summed E-state index contributed by atoms with van der Waals surface area (Å²) in [5.41, 5.74) is 1.56. The molecule has 0 aromatic rings. The third kappa shape index (κ3) is 3.48. The average Bonchev–Trinajstić information content (AvgIpc) is 2.69. The number of carbonyl (C=O) groups is 1. The van der Waals surface area contributed by atoms with Crippen molar-refractivity contribution in [1.82, 2.24) is 0 Å². The van der Waals surface area contributed by atoms with E-state index in [9.17, 15) is 4.79 Å². The van der Waals surface area contributed by atoms with E-state index in [-0.39, 0.29) is 11.3 Å². The molecule has 2 heteroatoms. The van der Waals surface area contributed by atoms with Crippen molar-refractivity contribution in [2.45, 2.75) is 53.4 Å².